The molecule has 0 saturated heterocycles. The molecule has 0 unspecified atom stereocenters. The van der Waals surface area contributed by atoms with E-state index in [-0.39, 0.29) is 11.2 Å². The van der Waals surface area contributed by atoms with E-state index in [0.29, 0.717) is 11.0 Å². The molecule has 6 nitrogen and oxygen atoms in total. The van der Waals surface area contributed by atoms with Crippen LogP contribution in [-0.2, 0) is 0 Å². The Kier molecular flexibility index (Phi) is 3.75. The fourth-order valence-electron chi connectivity index (χ4n) is 3.74. The molecular weight excluding hydrogens is 386 g/mol. The van der Waals surface area contributed by atoms with Gasteiger partial charge in [-0.1, -0.05) is 24.3 Å². The van der Waals surface area contributed by atoms with Gasteiger partial charge in [0.25, 0.3) is 11.2 Å². The maximum atomic E-state index is 12.7. The normalized spacial score (nSPS) is 12.4. The number of fused-ring (bicyclic) bond motifs is 5. The molecule has 0 N–H and O–H groups in total. The SMILES string of the molecule is Cc1sc2c(c1C)c(=O)nc1c3ccccc3/c(=C\c3ccc([N+](=O)[O-])cc3)n12. The van der Waals surface area contributed by atoms with E-state index < -0.39 is 4.92 Å². The minimum absolute atomic E-state index is 0.0524. The van der Waals surface area contributed by atoms with E-state index in [4.69, 9.17) is 0 Å². The molecule has 0 aliphatic rings. The van der Waals surface area contributed by atoms with Gasteiger partial charge < -0.3 is 0 Å². The third-order valence-electron chi connectivity index (χ3n) is 5.30. The summed E-state index contributed by atoms with van der Waals surface area (Å²) in [5.74, 6) is 0. The Bertz CT molecular complexity index is 1560. The third kappa shape index (κ3) is 2.55. The number of aryl methyl sites for hydroxylation is 2. The Hall–Kier alpha value is -3.58. The highest BCUT2D eigenvalue weighted by Gasteiger charge is 2.17. The standard InChI is InChI=1S/C22H15N3O3S/c1-12-13(2)29-22-19(12)21(26)23-20-17-6-4-3-5-16(17)18(24(20)22)11-14-7-9-15(10-8-14)25(27)28/h3-11H,1-2H3/b18-11+. The Morgan fingerprint density at radius 3 is 2.45 bits per heavy atom. The van der Waals surface area contributed by atoms with E-state index in [0.717, 1.165) is 37.0 Å². The quantitative estimate of drug-likeness (QED) is 0.329. The van der Waals surface area contributed by atoms with Crippen molar-refractivity contribution in [1.29, 1.82) is 0 Å². The van der Waals surface area contributed by atoms with Crippen LogP contribution in [0.5, 0.6) is 0 Å². The van der Waals surface area contributed by atoms with Gasteiger partial charge in [0, 0.05) is 27.8 Å². The first-order chi connectivity index (χ1) is 14.0. The minimum atomic E-state index is -0.410. The summed E-state index contributed by atoms with van der Waals surface area (Å²) in [5.41, 5.74) is 2.28. The van der Waals surface area contributed by atoms with E-state index in [1.165, 1.54) is 12.1 Å². The smallest absolute Gasteiger partial charge is 0.282 e. The Morgan fingerprint density at radius 1 is 1.07 bits per heavy atom. The molecule has 0 saturated carbocycles. The fraction of sp³-hybridized carbons (Fsp3) is 0.0909. The molecule has 3 aromatic heterocycles. The molecule has 0 aliphatic carbocycles. The van der Waals surface area contributed by atoms with Crippen molar-refractivity contribution in [3.05, 3.63) is 90.4 Å². The van der Waals surface area contributed by atoms with Crippen LogP contribution in [0.15, 0.2) is 53.3 Å². The molecule has 0 bridgehead atoms. The lowest BCUT2D eigenvalue weighted by molar-refractivity contribution is -0.384. The number of aromatic nitrogens is 2. The number of rotatable bonds is 2. The summed E-state index contributed by atoms with van der Waals surface area (Å²) in [7, 11) is 0. The van der Waals surface area contributed by atoms with Crippen LogP contribution in [0.1, 0.15) is 16.0 Å². The Balaban J connectivity index is 1.96. The largest absolute Gasteiger partial charge is 0.284 e. The molecule has 0 amide bonds. The molecule has 0 radical (unpaired) electrons. The monoisotopic (exact) mass is 401 g/mol. The van der Waals surface area contributed by atoms with Crippen LogP contribution < -0.4 is 10.9 Å². The molecule has 0 fully saturated rings. The maximum absolute atomic E-state index is 12.7. The molecule has 3 heterocycles. The van der Waals surface area contributed by atoms with Gasteiger partial charge in [-0.3, -0.25) is 19.3 Å². The molecular formula is C22H15N3O3S. The summed E-state index contributed by atoms with van der Waals surface area (Å²) in [6, 6.07) is 14.3. The maximum Gasteiger partial charge on any atom is 0.282 e. The zero-order valence-corrected chi connectivity index (χ0v) is 16.5. The number of nitrogens with zero attached hydrogens (tertiary/aromatic N) is 3. The van der Waals surface area contributed by atoms with Crippen molar-refractivity contribution >= 4 is 49.7 Å². The van der Waals surface area contributed by atoms with Gasteiger partial charge in [0.15, 0.2) is 5.65 Å². The molecule has 0 aliphatic heterocycles. The first kappa shape index (κ1) is 17.5. The van der Waals surface area contributed by atoms with E-state index >= 15 is 0 Å². The van der Waals surface area contributed by atoms with Crippen LogP contribution in [0.2, 0.25) is 0 Å². The molecule has 0 atom stereocenters. The molecule has 5 aromatic rings. The average Bonchev–Trinajstić information content (AvgIpc) is 3.18. The summed E-state index contributed by atoms with van der Waals surface area (Å²) >= 11 is 1.58. The lowest BCUT2D eigenvalue weighted by atomic mass is 10.1. The third-order valence-corrected chi connectivity index (χ3v) is 6.49. The second kappa shape index (κ2) is 6.22. The lowest BCUT2D eigenvalue weighted by Crippen LogP contribution is -2.15. The summed E-state index contributed by atoms with van der Waals surface area (Å²) in [4.78, 5) is 29.7. The number of nitro benzene ring substituents is 1. The minimum Gasteiger partial charge on any atom is -0.284 e. The van der Waals surface area contributed by atoms with E-state index in [2.05, 4.69) is 4.98 Å². The van der Waals surface area contributed by atoms with Gasteiger partial charge in [-0.25, -0.2) is 0 Å². The van der Waals surface area contributed by atoms with Crippen LogP contribution in [0.4, 0.5) is 5.69 Å². The highest BCUT2D eigenvalue weighted by Crippen LogP contribution is 2.29. The Labute approximate surface area is 168 Å². The predicted molar refractivity (Wildman–Crippen MR) is 116 cm³/mol. The van der Waals surface area contributed by atoms with Crippen molar-refractivity contribution in [3.63, 3.8) is 0 Å². The fourth-order valence-corrected chi connectivity index (χ4v) is 4.90. The highest BCUT2D eigenvalue weighted by molar-refractivity contribution is 7.18. The van der Waals surface area contributed by atoms with Crippen LogP contribution in [-0.4, -0.2) is 14.3 Å². The van der Waals surface area contributed by atoms with Crippen molar-refractivity contribution in [2.24, 2.45) is 0 Å². The van der Waals surface area contributed by atoms with Gasteiger partial charge in [0.2, 0.25) is 0 Å². The second-order valence-electron chi connectivity index (χ2n) is 6.96. The molecule has 5 rings (SSSR count). The molecule has 142 valence electrons. The summed E-state index contributed by atoms with van der Waals surface area (Å²) < 4.78 is 2.04. The van der Waals surface area contributed by atoms with Gasteiger partial charge in [0.1, 0.15) is 4.83 Å². The first-order valence-corrected chi connectivity index (χ1v) is 9.86. The zero-order valence-electron chi connectivity index (χ0n) is 15.7. The van der Waals surface area contributed by atoms with E-state index in [9.17, 15) is 14.9 Å². The first-order valence-electron chi connectivity index (χ1n) is 9.05. The topological polar surface area (TPSA) is 77.5 Å². The highest BCUT2D eigenvalue weighted by atomic mass is 32.1. The van der Waals surface area contributed by atoms with Crippen LogP contribution >= 0.6 is 11.3 Å². The summed E-state index contributed by atoms with van der Waals surface area (Å²) in [6.45, 7) is 3.96. The number of benzene rings is 2. The van der Waals surface area contributed by atoms with E-state index in [1.807, 2.05) is 48.6 Å². The lowest BCUT2D eigenvalue weighted by Gasteiger charge is -1.99. The average molecular weight is 401 g/mol. The van der Waals surface area contributed by atoms with Crippen LogP contribution in [0, 0.1) is 24.0 Å². The molecule has 7 heteroatoms. The Morgan fingerprint density at radius 2 is 1.76 bits per heavy atom. The van der Waals surface area contributed by atoms with Crippen molar-refractivity contribution in [2.75, 3.05) is 0 Å². The van der Waals surface area contributed by atoms with Crippen LogP contribution in [0.3, 0.4) is 0 Å². The molecule has 0 spiro atoms. The zero-order chi connectivity index (χ0) is 20.3. The van der Waals surface area contributed by atoms with Crippen molar-refractivity contribution in [2.45, 2.75) is 13.8 Å². The van der Waals surface area contributed by atoms with Gasteiger partial charge in [-0.15, -0.1) is 11.3 Å². The van der Waals surface area contributed by atoms with Gasteiger partial charge in [0.05, 0.1) is 15.7 Å². The van der Waals surface area contributed by atoms with Crippen molar-refractivity contribution in [3.8, 4) is 0 Å². The number of hydrogen-bond donors (Lipinski definition) is 0. The molecule has 2 aromatic carbocycles. The number of thiophene rings is 1. The van der Waals surface area contributed by atoms with Gasteiger partial charge >= 0.3 is 0 Å². The molecule has 29 heavy (non-hydrogen) atoms. The van der Waals surface area contributed by atoms with Crippen molar-refractivity contribution < 1.29 is 4.92 Å². The van der Waals surface area contributed by atoms with Crippen LogP contribution in [0.25, 0.3) is 32.7 Å². The number of nitro groups is 1. The summed E-state index contributed by atoms with van der Waals surface area (Å²) in [6.07, 6.45) is 1.98. The summed E-state index contributed by atoms with van der Waals surface area (Å²) in [5, 5.41) is 14.4. The number of non-ortho nitro benzene ring substituents is 1. The predicted octanol–water partition coefficient (Wildman–Crippen LogP) is 4.14. The number of hydrogen-bond acceptors (Lipinski definition) is 5. The van der Waals surface area contributed by atoms with Crippen molar-refractivity contribution in [1.82, 2.24) is 9.38 Å². The van der Waals surface area contributed by atoms with Gasteiger partial charge in [-0.2, -0.15) is 4.98 Å². The van der Waals surface area contributed by atoms with E-state index in [1.54, 1.807) is 23.5 Å². The second-order valence-corrected chi connectivity index (χ2v) is 8.17. The van der Waals surface area contributed by atoms with Gasteiger partial charge in [-0.05, 0) is 43.2 Å².